The van der Waals surface area contributed by atoms with Crippen molar-refractivity contribution in [3.8, 4) is 40.0 Å². The van der Waals surface area contributed by atoms with Crippen LogP contribution in [0.25, 0.3) is 16.9 Å². The molecule has 3 heterocycles. The number of benzene rings is 2. The number of anilines is 1. The zero-order valence-corrected chi connectivity index (χ0v) is 17.9. The van der Waals surface area contributed by atoms with Crippen LogP contribution in [-0.4, -0.2) is 42.7 Å². The molecule has 0 bridgehead atoms. The molecule has 4 aromatic rings. The number of hydrogen-bond acceptors (Lipinski definition) is 8. The van der Waals surface area contributed by atoms with E-state index in [1.54, 1.807) is 32.0 Å². The normalized spacial score (nSPS) is 12.1. The van der Waals surface area contributed by atoms with E-state index in [1.807, 2.05) is 42.5 Å². The van der Waals surface area contributed by atoms with Crippen molar-refractivity contribution in [2.45, 2.75) is 6.54 Å². The first kappa shape index (κ1) is 19.8. The van der Waals surface area contributed by atoms with Gasteiger partial charge in [0, 0.05) is 12.1 Å². The van der Waals surface area contributed by atoms with E-state index in [-0.39, 0.29) is 6.79 Å². The van der Waals surface area contributed by atoms with E-state index < -0.39 is 0 Å². The lowest BCUT2D eigenvalue weighted by atomic mass is 10.1. The molecule has 2 aromatic carbocycles. The van der Waals surface area contributed by atoms with Crippen molar-refractivity contribution in [2.24, 2.45) is 0 Å². The minimum atomic E-state index is 0.235. The van der Waals surface area contributed by atoms with Gasteiger partial charge in [-0.15, -0.1) is 5.10 Å². The van der Waals surface area contributed by atoms with Gasteiger partial charge < -0.3 is 29.0 Å². The first-order chi connectivity index (χ1) is 15.7. The van der Waals surface area contributed by atoms with Crippen LogP contribution in [0, 0.1) is 0 Å². The average Bonchev–Trinajstić information content (AvgIpc) is 3.47. The number of aromatic nitrogens is 3. The number of hydrogen-bond donors (Lipinski definition) is 1. The molecule has 0 aliphatic carbocycles. The van der Waals surface area contributed by atoms with E-state index >= 15 is 0 Å². The zero-order valence-electron chi connectivity index (χ0n) is 17.9. The highest BCUT2D eigenvalue weighted by Gasteiger charge is 2.17. The van der Waals surface area contributed by atoms with E-state index in [9.17, 15) is 0 Å². The second-order valence-corrected chi connectivity index (χ2v) is 7.09. The summed E-state index contributed by atoms with van der Waals surface area (Å²) in [5.41, 5.74) is 3.50. The second-order valence-electron chi connectivity index (χ2n) is 7.09. The van der Waals surface area contributed by atoms with Gasteiger partial charge in [-0.3, -0.25) is 0 Å². The summed E-state index contributed by atoms with van der Waals surface area (Å²) in [5, 5.41) is 8.07. The highest BCUT2D eigenvalue weighted by Crippen LogP contribution is 2.38. The summed E-state index contributed by atoms with van der Waals surface area (Å²) in [6.07, 6.45) is 1.79. The fourth-order valence-electron chi connectivity index (χ4n) is 3.65. The van der Waals surface area contributed by atoms with Crippen LogP contribution < -0.4 is 29.0 Å². The van der Waals surface area contributed by atoms with Crippen LogP contribution in [0.5, 0.6) is 28.7 Å². The Morgan fingerprint density at radius 1 is 0.938 bits per heavy atom. The number of nitrogens with zero attached hydrogens (tertiary/aromatic N) is 3. The lowest BCUT2D eigenvalue weighted by molar-refractivity contribution is 0.174. The molecule has 32 heavy (non-hydrogen) atoms. The number of imidazole rings is 1. The highest BCUT2D eigenvalue weighted by molar-refractivity contribution is 5.67. The quantitative estimate of drug-likeness (QED) is 0.470. The van der Waals surface area contributed by atoms with Crippen LogP contribution in [0.4, 0.5) is 5.82 Å². The van der Waals surface area contributed by atoms with Gasteiger partial charge >= 0.3 is 0 Å². The first-order valence-corrected chi connectivity index (χ1v) is 9.97. The van der Waals surface area contributed by atoms with Crippen molar-refractivity contribution in [1.29, 1.82) is 0 Å². The molecule has 9 nitrogen and oxygen atoms in total. The Morgan fingerprint density at radius 3 is 2.47 bits per heavy atom. The summed E-state index contributed by atoms with van der Waals surface area (Å²) in [5.74, 6) is 3.92. The van der Waals surface area contributed by atoms with Crippen molar-refractivity contribution in [3.05, 3.63) is 54.2 Å². The molecule has 0 radical (unpaired) electrons. The van der Waals surface area contributed by atoms with Gasteiger partial charge in [0.25, 0.3) is 0 Å². The van der Waals surface area contributed by atoms with Crippen LogP contribution in [0.2, 0.25) is 0 Å². The van der Waals surface area contributed by atoms with Crippen LogP contribution in [-0.2, 0) is 6.54 Å². The van der Waals surface area contributed by atoms with Crippen LogP contribution in [0.15, 0.2) is 48.7 Å². The largest absolute Gasteiger partial charge is 0.493 e. The minimum absolute atomic E-state index is 0.235. The van der Waals surface area contributed by atoms with Gasteiger partial charge in [-0.05, 0) is 48.0 Å². The molecular formula is C23H22N4O5. The second kappa shape index (κ2) is 8.18. The summed E-state index contributed by atoms with van der Waals surface area (Å²) >= 11 is 0. The molecular weight excluding hydrogens is 412 g/mol. The van der Waals surface area contributed by atoms with Gasteiger partial charge in [-0.25, -0.2) is 9.50 Å². The Balaban J connectivity index is 1.42. The van der Waals surface area contributed by atoms with Gasteiger partial charge in [-0.2, -0.15) is 0 Å². The molecule has 0 unspecified atom stereocenters. The molecule has 9 heteroatoms. The fourth-order valence-corrected chi connectivity index (χ4v) is 3.65. The molecule has 0 saturated carbocycles. The average molecular weight is 434 g/mol. The number of methoxy groups -OCH3 is 3. The minimum Gasteiger partial charge on any atom is -0.493 e. The van der Waals surface area contributed by atoms with E-state index in [2.05, 4.69) is 10.3 Å². The fraction of sp³-hybridized carbons (Fsp3) is 0.217. The van der Waals surface area contributed by atoms with Crippen molar-refractivity contribution >= 4 is 11.5 Å². The number of ether oxygens (including phenoxy) is 5. The van der Waals surface area contributed by atoms with Gasteiger partial charge in [0.1, 0.15) is 5.82 Å². The zero-order chi connectivity index (χ0) is 22.1. The molecule has 0 atom stereocenters. The third-order valence-corrected chi connectivity index (χ3v) is 5.23. The maximum Gasteiger partial charge on any atom is 0.231 e. The summed E-state index contributed by atoms with van der Waals surface area (Å²) in [7, 11) is 4.78. The van der Waals surface area contributed by atoms with Gasteiger partial charge in [0.2, 0.25) is 12.5 Å². The predicted octanol–water partition coefficient (Wildman–Crippen LogP) is 3.76. The van der Waals surface area contributed by atoms with Crippen LogP contribution >= 0.6 is 0 Å². The van der Waals surface area contributed by atoms with Crippen molar-refractivity contribution < 1.29 is 23.7 Å². The molecule has 0 spiro atoms. The summed E-state index contributed by atoms with van der Waals surface area (Å²) in [6, 6.07) is 13.4. The molecule has 1 aliphatic rings. The molecule has 1 N–H and O–H groups in total. The van der Waals surface area contributed by atoms with Gasteiger partial charge in [0.05, 0.1) is 33.2 Å². The van der Waals surface area contributed by atoms with Gasteiger partial charge in [0.15, 0.2) is 28.6 Å². The van der Waals surface area contributed by atoms with Crippen molar-refractivity contribution in [2.75, 3.05) is 33.4 Å². The van der Waals surface area contributed by atoms with Gasteiger partial charge in [-0.1, -0.05) is 0 Å². The standard InChI is InChI=1S/C23H22N4O5/c1-28-19-8-14(9-20(29-2)23(19)30-3)11-24-21-6-7-22-25-12-16(27(22)26-21)15-4-5-17-18(10-15)32-13-31-17/h4-10,12H,11,13H2,1-3H3,(H,24,26). The highest BCUT2D eigenvalue weighted by atomic mass is 16.7. The summed E-state index contributed by atoms with van der Waals surface area (Å²) in [4.78, 5) is 4.47. The molecule has 2 aromatic heterocycles. The van der Waals surface area contributed by atoms with E-state index in [1.165, 1.54) is 0 Å². The van der Waals surface area contributed by atoms with E-state index in [4.69, 9.17) is 28.8 Å². The number of rotatable bonds is 7. The molecule has 0 fully saturated rings. The van der Waals surface area contributed by atoms with E-state index in [0.29, 0.717) is 35.4 Å². The Morgan fingerprint density at radius 2 is 1.72 bits per heavy atom. The summed E-state index contributed by atoms with van der Waals surface area (Å²) < 4.78 is 29.0. The topological polar surface area (TPSA) is 88.4 Å². The maximum atomic E-state index is 5.50. The lowest BCUT2D eigenvalue weighted by Crippen LogP contribution is -2.05. The van der Waals surface area contributed by atoms with Crippen molar-refractivity contribution in [1.82, 2.24) is 14.6 Å². The van der Waals surface area contributed by atoms with Crippen molar-refractivity contribution in [3.63, 3.8) is 0 Å². The Bertz CT molecular complexity index is 1260. The first-order valence-electron chi connectivity index (χ1n) is 9.97. The third kappa shape index (κ3) is 3.47. The Hall–Kier alpha value is -4.14. The number of fused-ring (bicyclic) bond motifs is 2. The molecule has 0 amide bonds. The maximum absolute atomic E-state index is 5.50. The SMILES string of the molecule is COc1cc(CNc2ccc3ncc(-c4ccc5c(c4)OCO5)n3n2)cc(OC)c1OC. The molecule has 5 rings (SSSR count). The van der Waals surface area contributed by atoms with Crippen LogP contribution in [0.1, 0.15) is 5.56 Å². The summed E-state index contributed by atoms with van der Waals surface area (Å²) in [6.45, 7) is 0.752. The molecule has 1 aliphatic heterocycles. The third-order valence-electron chi connectivity index (χ3n) is 5.23. The van der Waals surface area contributed by atoms with Crippen LogP contribution in [0.3, 0.4) is 0 Å². The Kier molecular flexibility index (Phi) is 5.06. The lowest BCUT2D eigenvalue weighted by Gasteiger charge is -2.14. The monoisotopic (exact) mass is 434 g/mol. The smallest absolute Gasteiger partial charge is 0.231 e. The molecule has 164 valence electrons. The Labute approximate surface area is 184 Å². The number of nitrogens with one attached hydrogen (secondary N) is 1. The van der Waals surface area contributed by atoms with E-state index in [0.717, 1.165) is 28.2 Å². The predicted molar refractivity (Wildman–Crippen MR) is 118 cm³/mol. The molecule has 0 saturated heterocycles.